The number of amides is 1. The molecule has 0 fully saturated rings. The summed E-state index contributed by atoms with van der Waals surface area (Å²) in [4.78, 5) is 14.0. The van der Waals surface area contributed by atoms with Gasteiger partial charge < -0.3 is 4.90 Å². The number of alkyl halides is 3. The molecule has 0 saturated carbocycles. The van der Waals surface area contributed by atoms with Gasteiger partial charge in [0.2, 0.25) is 0 Å². The third-order valence-corrected chi connectivity index (χ3v) is 5.16. The highest BCUT2D eigenvalue weighted by molar-refractivity contribution is 7.21. The van der Waals surface area contributed by atoms with E-state index in [1.165, 1.54) is 18.0 Å². The molecule has 0 saturated heterocycles. The third-order valence-electron chi connectivity index (χ3n) is 3.52. The molecular formula is C15H12ClF3N2OS. The highest BCUT2D eigenvalue weighted by atomic mass is 35.5. The van der Waals surface area contributed by atoms with Gasteiger partial charge >= 0.3 is 6.18 Å². The van der Waals surface area contributed by atoms with Crippen LogP contribution in [0.5, 0.6) is 0 Å². The molecule has 1 atom stereocenters. The molecule has 122 valence electrons. The topological polar surface area (TPSA) is 44.1 Å². The van der Waals surface area contributed by atoms with E-state index in [1.54, 1.807) is 6.92 Å². The summed E-state index contributed by atoms with van der Waals surface area (Å²) in [6, 6.07) is 4.85. The molecular weight excluding hydrogens is 349 g/mol. The van der Waals surface area contributed by atoms with Crippen molar-refractivity contribution in [2.45, 2.75) is 25.6 Å². The third kappa shape index (κ3) is 3.43. The molecule has 0 spiro atoms. The van der Waals surface area contributed by atoms with Crippen LogP contribution < -0.4 is 0 Å². The average molecular weight is 361 g/mol. The SMILES string of the molecule is CC(CC#N)N(C)C(=O)c1sc2cc(C(F)(F)F)ccc2c1Cl. The lowest BCUT2D eigenvalue weighted by molar-refractivity contribution is -0.137. The minimum absolute atomic E-state index is 0.139. The lowest BCUT2D eigenvalue weighted by Crippen LogP contribution is -2.34. The minimum Gasteiger partial charge on any atom is -0.337 e. The fourth-order valence-electron chi connectivity index (χ4n) is 2.01. The molecule has 0 radical (unpaired) electrons. The first kappa shape index (κ1) is 17.6. The number of nitrogens with zero attached hydrogens (tertiary/aromatic N) is 2. The van der Waals surface area contributed by atoms with E-state index in [1.807, 2.05) is 6.07 Å². The van der Waals surface area contributed by atoms with Gasteiger partial charge in [0.1, 0.15) is 4.88 Å². The second-order valence-corrected chi connectivity index (χ2v) is 6.51. The summed E-state index contributed by atoms with van der Waals surface area (Å²) in [5.41, 5.74) is -0.784. The van der Waals surface area contributed by atoms with Crippen LogP contribution in [0, 0.1) is 11.3 Å². The Kier molecular flexibility index (Phi) is 4.87. The molecule has 8 heteroatoms. The molecule has 3 nitrogen and oxygen atoms in total. The number of nitriles is 1. The van der Waals surface area contributed by atoms with Gasteiger partial charge in [-0.1, -0.05) is 17.7 Å². The Labute approximate surface area is 139 Å². The van der Waals surface area contributed by atoms with Gasteiger partial charge in [0.05, 0.1) is 23.1 Å². The van der Waals surface area contributed by atoms with E-state index in [-0.39, 0.29) is 22.4 Å². The van der Waals surface area contributed by atoms with Crippen molar-refractivity contribution in [2.75, 3.05) is 7.05 Å². The van der Waals surface area contributed by atoms with E-state index < -0.39 is 17.6 Å². The summed E-state index contributed by atoms with van der Waals surface area (Å²) >= 11 is 7.08. The van der Waals surface area contributed by atoms with E-state index in [0.717, 1.165) is 23.5 Å². The number of carbonyl (C=O) groups excluding carboxylic acids is 1. The van der Waals surface area contributed by atoms with Crippen LogP contribution in [-0.2, 0) is 6.18 Å². The summed E-state index contributed by atoms with van der Waals surface area (Å²) in [6.45, 7) is 1.71. The summed E-state index contributed by atoms with van der Waals surface area (Å²) in [5.74, 6) is -0.410. The van der Waals surface area contributed by atoms with E-state index in [0.29, 0.717) is 10.1 Å². The van der Waals surface area contributed by atoms with Crippen molar-refractivity contribution in [3.05, 3.63) is 33.7 Å². The molecule has 2 aromatic rings. The Morgan fingerprint density at radius 3 is 2.70 bits per heavy atom. The molecule has 0 aliphatic heterocycles. The van der Waals surface area contributed by atoms with Crippen LogP contribution >= 0.6 is 22.9 Å². The van der Waals surface area contributed by atoms with Gasteiger partial charge in [0.25, 0.3) is 5.91 Å². The Morgan fingerprint density at radius 2 is 2.13 bits per heavy atom. The number of hydrogen-bond donors (Lipinski definition) is 0. The van der Waals surface area contributed by atoms with Gasteiger partial charge in [-0.25, -0.2) is 0 Å². The van der Waals surface area contributed by atoms with Gasteiger partial charge in [0, 0.05) is 23.2 Å². The van der Waals surface area contributed by atoms with Crippen LogP contribution in [0.3, 0.4) is 0 Å². The molecule has 0 aliphatic rings. The average Bonchev–Trinajstić information content (AvgIpc) is 2.81. The van der Waals surface area contributed by atoms with E-state index in [2.05, 4.69) is 0 Å². The van der Waals surface area contributed by atoms with Gasteiger partial charge in [-0.3, -0.25) is 4.79 Å². The smallest absolute Gasteiger partial charge is 0.337 e. The van der Waals surface area contributed by atoms with Gasteiger partial charge in [-0.2, -0.15) is 18.4 Å². The summed E-state index contributed by atoms with van der Waals surface area (Å²) in [7, 11) is 1.53. The molecule has 2 rings (SSSR count). The van der Waals surface area contributed by atoms with Crippen molar-refractivity contribution in [3.63, 3.8) is 0 Å². The van der Waals surface area contributed by atoms with Gasteiger partial charge in [0.15, 0.2) is 0 Å². The van der Waals surface area contributed by atoms with Crippen LogP contribution in [0.4, 0.5) is 13.2 Å². The Balaban J connectivity index is 2.44. The molecule has 23 heavy (non-hydrogen) atoms. The van der Waals surface area contributed by atoms with Crippen molar-refractivity contribution < 1.29 is 18.0 Å². The number of thiophene rings is 1. The number of halogens is 4. The zero-order chi connectivity index (χ0) is 17.4. The first-order valence-corrected chi connectivity index (χ1v) is 7.79. The van der Waals surface area contributed by atoms with Crippen LogP contribution in [-0.4, -0.2) is 23.9 Å². The predicted octanol–water partition coefficient (Wildman–Crippen LogP) is 4.95. The van der Waals surface area contributed by atoms with Crippen LogP contribution in [0.25, 0.3) is 10.1 Å². The quantitative estimate of drug-likeness (QED) is 0.777. The fraction of sp³-hybridized carbons (Fsp3) is 0.333. The molecule has 1 amide bonds. The number of hydrogen-bond acceptors (Lipinski definition) is 3. The largest absolute Gasteiger partial charge is 0.416 e. The Morgan fingerprint density at radius 1 is 1.48 bits per heavy atom. The standard InChI is InChI=1S/C15H12ClF3N2OS/c1-8(5-6-20)21(2)14(22)13-12(16)10-4-3-9(15(17,18)19)7-11(10)23-13/h3-4,7-8H,5H2,1-2H3. The second-order valence-electron chi connectivity index (χ2n) is 5.08. The maximum atomic E-state index is 12.8. The van der Waals surface area contributed by atoms with E-state index >= 15 is 0 Å². The molecule has 0 bridgehead atoms. The zero-order valence-corrected chi connectivity index (χ0v) is 13.8. The number of carbonyl (C=O) groups is 1. The van der Waals surface area contributed by atoms with E-state index in [4.69, 9.17) is 16.9 Å². The highest BCUT2D eigenvalue weighted by Crippen LogP contribution is 2.39. The second kappa shape index (κ2) is 6.38. The monoisotopic (exact) mass is 360 g/mol. The molecule has 0 N–H and O–H groups in total. The van der Waals surface area contributed by atoms with Crippen LogP contribution in [0.1, 0.15) is 28.6 Å². The fourth-order valence-corrected chi connectivity index (χ4v) is 3.54. The zero-order valence-electron chi connectivity index (χ0n) is 12.2. The first-order valence-electron chi connectivity index (χ1n) is 6.60. The Hall–Kier alpha value is -1.78. The summed E-state index contributed by atoms with van der Waals surface area (Å²) < 4.78 is 38.6. The van der Waals surface area contributed by atoms with Gasteiger partial charge in [-0.05, 0) is 19.1 Å². The summed E-state index contributed by atoms with van der Waals surface area (Å²) in [5, 5.41) is 9.25. The van der Waals surface area contributed by atoms with Crippen LogP contribution in [0.2, 0.25) is 5.02 Å². The number of benzene rings is 1. The molecule has 1 unspecified atom stereocenters. The van der Waals surface area contributed by atoms with Crippen LogP contribution in [0.15, 0.2) is 18.2 Å². The normalized spacial score (nSPS) is 12.9. The van der Waals surface area contributed by atoms with E-state index in [9.17, 15) is 18.0 Å². The molecule has 1 aromatic heterocycles. The molecule has 1 heterocycles. The predicted molar refractivity (Wildman–Crippen MR) is 83.6 cm³/mol. The maximum Gasteiger partial charge on any atom is 0.416 e. The van der Waals surface area contributed by atoms with Crippen molar-refractivity contribution in [2.24, 2.45) is 0 Å². The first-order chi connectivity index (χ1) is 10.7. The lowest BCUT2D eigenvalue weighted by Gasteiger charge is -2.22. The van der Waals surface area contributed by atoms with Crippen molar-refractivity contribution in [3.8, 4) is 6.07 Å². The number of rotatable bonds is 3. The maximum absolute atomic E-state index is 12.8. The number of fused-ring (bicyclic) bond motifs is 1. The van der Waals surface area contributed by atoms with Gasteiger partial charge in [-0.15, -0.1) is 11.3 Å². The Bertz CT molecular complexity index is 794. The lowest BCUT2D eigenvalue weighted by atomic mass is 10.1. The highest BCUT2D eigenvalue weighted by Gasteiger charge is 2.31. The summed E-state index contributed by atoms with van der Waals surface area (Å²) in [6.07, 6.45) is -4.30. The van der Waals surface area contributed by atoms with Crippen molar-refractivity contribution >= 4 is 38.9 Å². The molecule has 0 aliphatic carbocycles. The van der Waals surface area contributed by atoms with Crippen molar-refractivity contribution in [1.82, 2.24) is 4.90 Å². The molecule has 1 aromatic carbocycles. The minimum atomic E-state index is -4.45. The van der Waals surface area contributed by atoms with Crippen molar-refractivity contribution in [1.29, 1.82) is 5.26 Å².